The Kier molecular flexibility index (Phi) is 11.0. The Labute approximate surface area is 233 Å². The van der Waals surface area contributed by atoms with Crippen LogP contribution in [-0.2, 0) is 14.3 Å². The van der Waals surface area contributed by atoms with Gasteiger partial charge in [0.1, 0.15) is 23.4 Å². The van der Waals surface area contributed by atoms with Crippen LogP contribution in [0.3, 0.4) is 0 Å². The molecule has 0 fully saturated rings. The van der Waals surface area contributed by atoms with Gasteiger partial charge in [-0.3, -0.25) is 9.59 Å². The summed E-state index contributed by atoms with van der Waals surface area (Å²) >= 11 is 0. The van der Waals surface area contributed by atoms with Crippen molar-refractivity contribution in [3.8, 4) is 5.75 Å². The monoisotopic (exact) mass is 539 g/mol. The lowest BCUT2D eigenvalue weighted by Crippen LogP contribution is -2.54. The molecule has 0 aromatic heterocycles. The minimum absolute atomic E-state index is 0.107. The molecule has 0 radical (unpaired) electrons. The van der Waals surface area contributed by atoms with Crippen molar-refractivity contribution < 1.29 is 23.9 Å². The summed E-state index contributed by atoms with van der Waals surface area (Å²) in [6.45, 7) is 16.9. The number of alkyl carbamates (subject to hydrolysis) is 1. The Balaban J connectivity index is 2.55. The second kappa shape index (κ2) is 13.5. The van der Waals surface area contributed by atoms with E-state index in [4.69, 9.17) is 9.47 Å². The van der Waals surface area contributed by atoms with E-state index in [1.807, 2.05) is 59.7 Å². The number of amides is 3. The van der Waals surface area contributed by atoms with E-state index in [1.165, 1.54) is 0 Å². The molecule has 8 heteroatoms. The number of nitrogens with one attached hydrogen (secondary N) is 2. The number of hydrogen-bond acceptors (Lipinski definition) is 5. The van der Waals surface area contributed by atoms with E-state index in [0.29, 0.717) is 23.4 Å². The highest BCUT2D eigenvalue weighted by atomic mass is 16.6. The van der Waals surface area contributed by atoms with Gasteiger partial charge in [0.2, 0.25) is 5.91 Å². The fourth-order valence-corrected chi connectivity index (χ4v) is 4.49. The maximum absolute atomic E-state index is 14.2. The van der Waals surface area contributed by atoms with Crippen LogP contribution < -0.4 is 15.4 Å². The van der Waals surface area contributed by atoms with Crippen molar-refractivity contribution in [3.63, 3.8) is 0 Å². The molecule has 3 amide bonds. The zero-order chi connectivity index (χ0) is 29.5. The minimum Gasteiger partial charge on any atom is -0.497 e. The normalized spacial score (nSPS) is 13.0. The number of nitrogens with zero attached hydrogens (tertiary/aromatic N) is 1. The molecule has 2 aromatic rings. The van der Waals surface area contributed by atoms with Gasteiger partial charge in [-0.25, -0.2) is 4.79 Å². The van der Waals surface area contributed by atoms with Gasteiger partial charge in [0.05, 0.1) is 7.11 Å². The second-order valence-corrected chi connectivity index (χ2v) is 11.7. The summed E-state index contributed by atoms with van der Waals surface area (Å²) in [5, 5.41) is 5.74. The second-order valence-electron chi connectivity index (χ2n) is 11.7. The van der Waals surface area contributed by atoms with Gasteiger partial charge in [-0.2, -0.15) is 0 Å². The minimum atomic E-state index is -0.937. The van der Waals surface area contributed by atoms with Gasteiger partial charge in [0, 0.05) is 11.7 Å². The highest BCUT2D eigenvalue weighted by Crippen LogP contribution is 2.29. The molecule has 2 rings (SSSR count). The van der Waals surface area contributed by atoms with Gasteiger partial charge < -0.3 is 25.0 Å². The van der Waals surface area contributed by atoms with Crippen LogP contribution in [0.4, 0.5) is 10.5 Å². The molecule has 0 spiro atoms. The number of rotatable bonds is 10. The molecular formula is C31H45N3O5. The number of carbonyl (C=O) groups is 3. The number of aryl methyl sites for hydroxylation is 2. The quantitative estimate of drug-likeness (QED) is 0.376. The lowest BCUT2D eigenvalue weighted by atomic mass is 9.96. The van der Waals surface area contributed by atoms with E-state index in [1.54, 1.807) is 57.0 Å². The molecule has 0 aliphatic heterocycles. The maximum Gasteiger partial charge on any atom is 0.408 e. The predicted molar refractivity (Wildman–Crippen MR) is 155 cm³/mol. The molecule has 0 saturated carbocycles. The first-order valence-corrected chi connectivity index (χ1v) is 13.5. The van der Waals surface area contributed by atoms with Crippen LogP contribution in [0, 0.1) is 19.8 Å². The number of anilines is 1. The standard InChI is InChI=1S/C31H45N3O5/c1-19(2)15-26(33-30(37)39-31(7,8)9)29(36)34(20(3)4)27(23-17-21(5)16-22(6)18-23)28(35)32-24-11-13-25(38-10)14-12-24/h11-14,16-20,26-27H,15H2,1-10H3,(H,32,35)(H,33,37). The summed E-state index contributed by atoms with van der Waals surface area (Å²) < 4.78 is 10.7. The smallest absolute Gasteiger partial charge is 0.408 e. The van der Waals surface area contributed by atoms with Gasteiger partial charge in [0.15, 0.2) is 0 Å². The average Bonchev–Trinajstić information content (AvgIpc) is 2.79. The molecule has 2 atom stereocenters. The summed E-state index contributed by atoms with van der Waals surface area (Å²) in [6.07, 6.45) is -0.281. The van der Waals surface area contributed by atoms with Crippen molar-refractivity contribution >= 4 is 23.6 Å². The van der Waals surface area contributed by atoms with Crippen LogP contribution in [0.25, 0.3) is 0 Å². The number of carbonyl (C=O) groups excluding carboxylic acids is 3. The molecule has 2 unspecified atom stereocenters. The molecule has 0 saturated heterocycles. The van der Waals surface area contributed by atoms with E-state index < -0.39 is 23.8 Å². The lowest BCUT2D eigenvalue weighted by Gasteiger charge is -2.37. The molecule has 0 bridgehead atoms. The van der Waals surface area contributed by atoms with Crippen LogP contribution >= 0.6 is 0 Å². The first-order valence-electron chi connectivity index (χ1n) is 13.5. The summed E-state index contributed by atoms with van der Waals surface area (Å²) in [5.41, 5.74) is 2.52. The van der Waals surface area contributed by atoms with Crippen molar-refractivity contribution in [1.82, 2.24) is 10.2 Å². The van der Waals surface area contributed by atoms with Crippen LogP contribution in [-0.4, -0.2) is 47.6 Å². The Morgan fingerprint density at radius 2 is 1.49 bits per heavy atom. The van der Waals surface area contributed by atoms with Crippen LogP contribution in [0.2, 0.25) is 0 Å². The van der Waals surface area contributed by atoms with Crippen molar-refractivity contribution in [2.24, 2.45) is 5.92 Å². The van der Waals surface area contributed by atoms with Crippen LogP contribution in [0.1, 0.15) is 77.6 Å². The third-order valence-electron chi connectivity index (χ3n) is 5.95. The summed E-state index contributed by atoms with van der Waals surface area (Å²) in [7, 11) is 1.58. The van der Waals surface area contributed by atoms with Gasteiger partial charge in [0.25, 0.3) is 5.91 Å². The third kappa shape index (κ3) is 9.61. The molecule has 8 nitrogen and oxygen atoms in total. The largest absolute Gasteiger partial charge is 0.497 e. The molecule has 0 heterocycles. The zero-order valence-corrected chi connectivity index (χ0v) is 25.0. The highest BCUT2D eigenvalue weighted by molar-refractivity contribution is 5.99. The molecule has 2 N–H and O–H groups in total. The van der Waals surface area contributed by atoms with Crippen molar-refractivity contribution in [3.05, 3.63) is 59.2 Å². The molecule has 39 heavy (non-hydrogen) atoms. The third-order valence-corrected chi connectivity index (χ3v) is 5.95. The lowest BCUT2D eigenvalue weighted by molar-refractivity contribution is -0.143. The SMILES string of the molecule is COc1ccc(NC(=O)C(c2cc(C)cc(C)c2)N(C(=O)C(CC(C)C)NC(=O)OC(C)(C)C)C(C)C)cc1. The van der Waals surface area contributed by atoms with Crippen LogP contribution in [0.5, 0.6) is 5.75 Å². The van der Waals surface area contributed by atoms with Gasteiger partial charge in [-0.05, 0) is 90.6 Å². The van der Waals surface area contributed by atoms with E-state index in [-0.39, 0.29) is 23.8 Å². The maximum atomic E-state index is 14.2. The molecule has 0 aliphatic rings. The fourth-order valence-electron chi connectivity index (χ4n) is 4.49. The Morgan fingerprint density at radius 3 is 1.95 bits per heavy atom. The topological polar surface area (TPSA) is 97.0 Å². The van der Waals surface area contributed by atoms with E-state index in [9.17, 15) is 14.4 Å². The van der Waals surface area contributed by atoms with Gasteiger partial charge >= 0.3 is 6.09 Å². The van der Waals surface area contributed by atoms with Gasteiger partial charge in [-0.1, -0.05) is 43.2 Å². The first kappa shape index (κ1) is 31.7. The molecule has 214 valence electrons. The first-order chi connectivity index (χ1) is 18.1. The number of ether oxygens (including phenoxy) is 2. The average molecular weight is 540 g/mol. The van der Waals surface area contributed by atoms with Crippen molar-refractivity contribution in [2.75, 3.05) is 12.4 Å². The van der Waals surface area contributed by atoms with Crippen LogP contribution in [0.15, 0.2) is 42.5 Å². The van der Waals surface area contributed by atoms with Crippen molar-refractivity contribution in [1.29, 1.82) is 0 Å². The van der Waals surface area contributed by atoms with E-state index in [2.05, 4.69) is 10.6 Å². The molecule has 0 aliphatic carbocycles. The Hall–Kier alpha value is -3.55. The molecule has 2 aromatic carbocycles. The van der Waals surface area contributed by atoms with E-state index >= 15 is 0 Å². The van der Waals surface area contributed by atoms with E-state index in [0.717, 1.165) is 11.1 Å². The fraction of sp³-hybridized carbons (Fsp3) is 0.516. The molecular weight excluding hydrogens is 494 g/mol. The highest BCUT2D eigenvalue weighted by Gasteiger charge is 2.38. The summed E-state index contributed by atoms with van der Waals surface area (Å²) in [6, 6.07) is 10.7. The van der Waals surface area contributed by atoms with Gasteiger partial charge in [-0.15, -0.1) is 0 Å². The zero-order valence-electron chi connectivity index (χ0n) is 25.0. The number of benzene rings is 2. The Bertz CT molecular complexity index is 1120. The number of methoxy groups -OCH3 is 1. The Morgan fingerprint density at radius 1 is 0.923 bits per heavy atom. The summed E-state index contributed by atoms with van der Waals surface area (Å²) in [5.74, 6) is 0.0738. The number of hydrogen-bond donors (Lipinski definition) is 2. The van der Waals surface area contributed by atoms with Crippen molar-refractivity contribution in [2.45, 2.75) is 92.5 Å². The predicted octanol–water partition coefficient (Wildman–Crippen LogP) is 6.17. The summed E-state index contributed by atoms with van der Waals surface area (Å²) in [4.78, 5) is 42.4.